The summed E-state index contributed by atoms with van der Waals surface area (Å²) >= 11 is 13.1. The van der Waals surface area contributed by atoms with Crippen LogP contribution in [0.15, 0.2) is 18.3 Å². The van der Waals surface area contributed by atoms with Gasteiger partial charge in [0, 0.05) is 44.9 Å². The summed E-state index contributed by atoms with van der Waals surface area (Å²) in [7, 11) is 4.72. The minimum atomic E-state index is 0.145. The molecule has 1 aliphatic rings. The molecule has 190 valence electrons. The second-order valence-electron chi connectivity index (χ2n) is 7.74. The number of methoxy groups -OCH3 is 3. The van der Waals surface area contributed by atoms with E-state index in [9.17, 15) is 0 Å². The van der Waals surface area contributed by atoms with Crippen molar-refractivity contribution in [1.82, 2.24) is 15.0 Å². The monoisotopic (exact) mass is 523 g/mol. The Kier molecular flexibility index (Phi) is 9.56. The predicted octanol–water partition coefficient (Wildman–Crippen LogP) is 4.87. The van der Waals surface area contributed by atoms with Crippen LogP contribution in [0.3, 0.4) is 0 Å². The maximum atomic E-state index is 6.57. The van der Waals surface area contributed by atoms with Crippen molar-refractivity contribution in [2.75, 3.05) is 58.3 Å². The number of ether oxygens (including phenoxy) is 4. The summed E-state index contributed by atoms with van der Waals surface area (Å²) in [5, 5.41) is 1.38. The minimum Gasteiger partial charge on any atom is -0.495 e. The molecular formula is C24H31Cl2N5O4. The van der Waals surface area contributed by atoms with Gasteiger partial charge in [0.2, 0.25) is 0 Å². The quantitative estimate of drug-likeness (QED) is 0.414. The first-order valence-electron chi connectivity index (χ1n) is 11.3. The van der Waals surface area contributed by atoms with Gasteiger partial charge >= 0.3 is 0 Å². The maximum absolute atomic E-state index is 6.57. The number of fused-ring (bicyclic) bond motifs is 1. The molecular weight excluding hydrogens is 493 g/mol. The van der Waals surface area contributed by atoms with Gasteiger partial charge in [0.15, 0.2) is 5.82 Å². The molecule has 4 rings (SSSR count). The van der Waals surface area contributed by atoms with Crippen molar-refractivity contribution < 1.29 is 18.9 Å². The molecule has 2 N–H and O–H groups in total. The lowest BCUT2D eigenvalue weighted by Gasteiger charge is -2.39. The summed E-state index contributed by atoms with van der Waals surface area (Å²) in [5.41, 5.74) is 6.94. The molecule has 3 aromatic rings. The Bertz CT molecular complexity index is 1130. The molecule has 2 aromatic heterocycles. The van der Waals surface area contributed by atoms with Crippen LogP contribution in [0.5, 0.6) is 11.5 Å². The van der Waals surface area contributed by atoms with Crippen molar-refractivity contribution >= 4 is 45.7 Å². The van der Waals surface area contributed by atoms with Crippen LogP contribution in [0.4, 0.5) is 11.6 Å². The molecule has 0 aliphatic carbocycles. The molecule has 1 aromatic carbocycles. The zero-order valence-corrected chi connectivity index (χ0v) is 22.1. The first kappa shape index (κ1) is 27.0. The SMILES string of the molecule is CCCOCC.COc1cc(OC)c(Cl)c(-c2nc(N3CC(OC)C3)c3cc(N)ncc3n2)c1Cl. The first-order valence-corrected chi connectivity index (χ1v) is 12.0. The third-order valence-corrected chi connectivity index (χ3v) is 6.16. The Balaban J connectivity index is 0.000000509. The van der Waals surface area contributed by atoms with Crippen LogP contribution in [0.2, 0.25) is 10.0 Å². The van der Waals surface area contributed by atoms with Crippen LogP contribution in [0.1, 0.15) is 20.3 Å². The highest BCUT2D eigenvalue weighted by Gasteiger charge is 2.30. The van der Waals surface area contributed by atoms with E-state index in [4.69, 9.17) is 52.9 Å². The number of halogens is 2. The second-order valence-corrected chi connectivity index (χ2v) is 8.50. The van der Waals surface area contributed by atoms with E-state index < -0.39 is 0 Å². The highest BCUT2D eigenvalue weighted by molar-refractivity contribution is 6.41. The van der Waals surface area contributed by atoms with Crippen LogP contribution in [-0.4, -0.2) is 68.7 Å². The molecule has 11 heteroatoms. The fraction of sp³-hybridized carbons (Fsp3) is 0.458. The highest BCUT2D eigenvalue weighted by atomic mass is 35.5. The zero-order valence-electron chi connectivity index (χ0n) is 20.6. The molecule has 0 atom stereocenters. The van der Waals surface area contributed by atoms with Crippen molar-refractivity contribution in [3.8, 4) is 22.9 Å². The van der Waals surface area contributed by atoms with E-state index >= 15 is 0 Å². The van der Waals surface area contributed by atoms with Gasteiger partial charge in [0.25, 0.3) is 0 Å². The summed E-state index contributed by atoms with van der Waals surface area (Å²) in [6.45, 7) is 7.29. The molecule has 0 radical (unpaired) electrons. The summed E-state index contributed by atoms with van der Waals surface area (Å²) in [6.07, 6.45) is 2.88. The van der Waals surface area contributed by atoms with Gasteiger partial charge in [-0.05, 0) is 19.4 Å². The minimum absolute atomic E-state index is 0.145. The number of aromatic nitrogens is 3. The van der Waals surface area contributed by atoms with Crippen LogP contribution < -0.4 is 20.1 Å². The van der Waals surface area contributed by atoms with Gasteiger partial charge in [-0.3, -0.25) is 0 Å². The number of hydrogen-bond acceptors (Lipinski definition) is 9. The maximum Gasteiger partial charge on any atom is 0.165 e. The summed E-state index contributed by atoms with van der Waals surface area (Å²) in [5.74, 6) is 2.26. The average molecular weight is 524 g/mol. The van der Waals surface area contributed by atoms with E-state index in [1.807, 2.05) is 6.92 Å². The van der Waals surface area contributed by atoms with Crippen LogP contribution in [0.25, 0.3) is 22.3 Å². The average Bonchev–Trinajstić information content (AvgIpc) is 2.83. The summed E-state index contributed by atoms with van der Waals surface area (Å²) in [6, 6.07) is 3.38. The molecule has 0 spiro atoms. The van der Waals surface area contributed by atoms with Crippen molar-refractivity contribution in [1.29, 1.82) is 0 Å². The molecule has 0 saturated carbocycles. The van der Waals surface area contributed by atoms with Gasteiger partial charge in [0.1, 0.15) is 23.1 Å². The van der Waals surface area contributed by atoms with E-state index in [1.54, 1.807) is 25.4 Å². The van der Waals surface area contributed by atoms with E-state index in [1.165, 1.54) is 14.2 Å². The van der Waals surface area contributed by atoms with E-state index in [2.05, 4.69) is 21.8 Å². The number of nitrogens with two attached hydrogens (primary N) is 1. The Morgan fingerprint density at radius 3 is 2.20 bits per heavy atom. The van der Waals surface area contributed by atoms with Crippen molar-refractivity contribution in [3.63, 3.8) is 0 Å². The summed E-state index contributed by atoms with van der Waals surface area (Å²) in [4.78, 5) is 15.6. The molecule has 0 bridgehead atoms. The van der Waals surface area contributed by atoms with E-state index in [-0.39, 0.29) is 6.10 Å². The topological polar surface area (TPSA) is 105 Å². The van der Waals surface area contributed by atoms with Gasteiger partial charge in [0.05, 0.1) is 47.6 Å². The van der Waals surface area contributed by atoms with Crippen molar-refractivity contribution in [2.24, 2.45) is 0 Å². The third kappa shape index (κ3) is 5.98. The van der Waals surface area contributed by atoms with Gasteiger partial charge in [-0.25, -0.2) is 15.0 Å². The number of hydrogen-bond donors (Lipinski definition) is 1. The molecule has 1 aliphatic heterocycles. The molecule has 0 amide bonds. The fourth-order valence-electron chi connectivity index (χ4n) is 3.52. The van der Waals surface area contributed by atoms with Crippen LogP contribution in [0, 0.1) is 0 Å². The normalized spacial score (nSPS) is 13.3. The lowest BCUT2D eigenvalue weighted by Crippen LogP contribution is -2.52. The van der Waals surface area contributed by atoms with E-state index in [0.717, 1.165) is 25.0 Å². The first-order chi connectivity index (χ1) is 16.9. The smallest absolute Gasteiger partial charge is 0.165 e. The van der Waals surface area contributed by atoms with Crippen molar-refractivity contribution in [2.45, 2.75) is 26.4 Å². The van der Waals surface area contributed by atoms with Crippen LogP contribution in [-0.2, 0) is 9.47 Å². The molecule has 35 heavy (non-hydrogen) atoms. The largest absolute Gasteiger partial charge is 0.495 e. The number of nitrogen functional groups attached to an aromatic ring is 1. The van der Waals surface area contributed by atoms with Gasteiger partial charge in [-0.1, -0.05) is 30.1 Å². The number of nitrogens with zero attached hydrogens (tertiary/aromatic N) is 4. The molecule has 3 heterocycles. The van der Waals surface area contributed by atoms with Gasteiger partial charge < -0.3 is 29.6 Å². The lowest BCUT2D eigenvalue weighted by atomic mass is 10.1. The standard InChI is InChI=1S/C19H19Cl2N5O3.C5H12O/c1-27-9-7-26(8-9)19-10-4-14(22)23-6-11(10)24-18(25-19)15-16(20)12(28-2)5-13(29-3)17(15)21;1-3-5-6-4-2/h4-6,9H,7-8H2,1-3H3,(H2,22,23);3-5H2,1-2H3. The fourth-order valence-corrected chi connectivity index (χ4v) is 4.19. The Morgan fingerprint density at radius 2 is 1.69 bits per heavy atom. The lowest BCUT2D eigenvalue weighted by molar-refractivity contribution is 0.0785. The number of benzene rings is 1. The highest BCUT2D eigenvalue weighted by Crippen LogP contribution is 2.45. The summed E-state index contributed by atoms with van der Waals surface area (Å²) < 4.78 is 21.1. The van der Waals surface area contributed by atoms with E-state index in [0.29, 0.717) is 63.2 Å². The van der Waals surface area contributed by atoms with Gasteiger partial charge in [-0.15, -0.1) is 0 Å². The number of pyridine rings is 1. The predicted molar refractivity (Wildman–Crippen MR) is 140 cm³/mol. The third-order valence-electron chi connectivity index (χ3n) is 5.41. The van der Waals surface area contributed by atoms with Crippen LogP contribution >= 0.6 is 23.2 Å². The molecule has 0 unspecified atom stereocenters. The number of anilines is 2. The Hall–Kier alpha value is -2.59. The second kappa shape index (κ2) is 12.4. The molecule has 1 fully saturated rings. The molecule has 9 nitrogen and oxygen atoms in total. The Morgan fingerprint density at radius 1 is 1.03 bits per heavy atom. The Labute approximate surface area is 215 Å². The molecule has 1 saturated heterocycles. The zero-order chi connectivity index (χ0) is 25.5. The number of rotatable bonds is 8. The van der Waals surface area contributed by atoms with Crippen molar-refractivity contribution in [3.05, 3.63) is 28.4 Å². The van der Waals surface area contributed by atoms with Gasteiger partial charge in [-0.2, -0.15) is 0 Å².